The van der Waals surface area contributed by atoms with Crippen molar-refractivity contribution in [3.63, 3.8) is 0 Å². The van der Waals surface area contributed by atoms with E-state index in [1.807, 2.05) is 0 Å². The normalized spacial score (nSPS) is 10.3. The SMILES string of the molecule is CC(=O)n1ncc(-c2ccc(Cl)cc2O)cc1=O. The van der Waals surface area contributed by atoms with Crippen molar-refractivity contribution in [1.82, 2.24) is 9.78 Å². The Balaban J connectivity index is 2.56. The number of carbonyl (C=O) groups excluding carboxylic acids is 1. The minimum absolute atomic E-state index is 0.0516. The summed E-state index contributed by atoms with van der Waals surface area (Å²) in [4.78, 5) is 22.7. The second-order valence-corrected chi connectivity index (χ2v) is 4.11. The van der Waals surface area contributed by atoms with Gasteiger partial charge in [-0.15, -0.1) is 0 Å². The van der Waals surface area contributed by atoms with Gasteiger partial charge in [0.1, 0.15) is 5.75 Å². The third-order valence-electron chi connectivity index (χ3n) is 2.37. The van der Waals surface area contributed by atoms with E-state index in [4.69, 9.17) is 11.6 Å². The molecule has 6 heteroatoms. The Bertz CT molecular complexity index is 679. The summed E-state index contributed by atoms with van der Waals surface area (Å²) in [5.74, 6) is -0.517. The van der Waals surface area contributed by atoms with Crippen molar-refractivity contribution >= 4 is 17.5 Å². The van der Waals surface area contributed by atoms with E-state index in [9.17, 15) is 14.7 Å². The van der Waals surface area contributed by atoms with E-state index in [0.29, 0.717) is 16.1 Å². The smallest absolute Gasteiger partial charge is 0.274 e. The van der Waals surface area contributed by atoms with Gasteiger partial charge in [0.2, 0.25) is 5.91 Å². The van der Waals surface area contributed by atoms with E-state index in [1.54, 1.807) is 12.1 Å². The molecule has 0 radical (unpaired) electrons. The molecule has 0 saturated carbocycles. The summed E-state index contributed by atoms with van der Waals surface area (Å²) in [6.07, 6.45) is 1.34. The molecule has 1 aromatic carbocycles. The summed E-state index contributed by atoms with van der Waals surface area (Å²) in [5, 5.41) is 13.8. The first kappa shape index (κ1) is 12.3. The molecule has 0 atom stereocenters. The standard InChI is InChI=1S/C12H9ClN2O3/c1-7(16)15-12(18)4-8(6-14-15)10-3-2-9(13)5-11(10)17/h2-6,17H,1H3. The molecular weight excluding hydrogens is 256 g/mol. The van der Waals surface area contributed by atoms with Crippen LogP contribution in [-0.2, 0) is 0 Å². The molecule has 0 fully saturated rings. The lowest BCUT2D eigenvalue weighted by atomic mass is 10.1. The maximum absolute atomic E-state index is 11.6. The van der Waals surface area contributed by atoms with Crippen LogP contribution in [0, 0.1) is 0 Å². The summed E-state index contributed by atoms with van der Waals surface area (Å²) in [6, 6.07) is 5.77. The number of benzene rings is 1. The third kappa shape index (κ3) is 2.26. The van der Waals surface area contributed by atoms with Crippen molar-refractivity contribution < 1.29 is 9.90 Å². The molecule has 0 aliphatic heterocycles. The van der Waals surface area contributed by atoms with Crippen molar-refractivity contribution in [2.75, 3.05) is 0 Å². The van der Waals surface area contributed by atoms with Gasteiger partial charge in [-0.1, -0.05) is 11.6 Å². The molecule has 0 aliphatic rings. The predicted molar refractivity (Wildman–Crippen MR) is 66.9 cm³/mol. The van der Waals surface area contributed by atoms with Crippen LogP contribution >= 0.6 is 11.6 Å². The fourth-order valence-corrected chi connectivity index (χ4v) is 1.71. The highest BCUT2D eigenvalue weighted by atomic mass is 35.5. The van der Waals surface area contributed by atoms with Gasteiger partial charge in [-0.05, 0) is 18.2 Å². The molecule has 0 amide bonds. The molecule has 18 heavy (non-hydrogen) atoms. The van der Waals surface area contributed by atoms with E-state index < -0.39 is 11.5 Å². The molecule has 1 heterocycles. The van der Waals surface area contributed by atoms with Crippen molar-refractivity contribution in [3.8, 4) is 16.9 Å². The van der Waals surface area contributed by atoms with Gasteiger partial charge in [0, 0.05) is 29.1 Å². The zero-order valence-electron chi connectivity index (χ0n) is 9.42. The molecule has 0 aliphatic carbocycles. The van der Waals surface area contributed by atoms with E-state index in [2.05, 4.69) is 5.10 Å². The van der Waals surface area contributed by atoms with Gasteiger partial charge in [-0.25, -0.2) is 0 Å². The van der Waals surface area contributed by atoms with Gasteiger partial charge >= 0.3 is 0 Å². The van der Waals surface area contributed by atoms with Crippen LogP contribution in [0.5, 0.6) is 5.75 Å². The summed E-state index contributed by atoms with van der Waals surface area (Å²) in [6.45, 7) is 1.24. The Labute approximate surface area is 107 Å². The summed E-state index contributed by atoms with van der Waals surface area (Å²) in [7, 11) is 0. The minimum Gasteiger partial charge on any atom is -0.507 e. The van der Waals surface area contributed by atoms with Crippen LogP contribution in [0.3, 0.4) is 0 Å². The van der Waals surface area contributed by atoms with Crippen molar-refractivity contribution in [1.29, 1.82) is 0 Å². The number of carbonyl (C=O) groups is 1. The van der Waals surface area contributed by atoms with Gasteiger partial charge in [0.25, 0.3) is 5.56 Å². The average Bonchev–Trinajstić information content (AvgIpc) is 2.28. The maximum atomic E-state index is 11.6. The molecule has 0 bridgehead atoms. The molecule has 0 spiro atoms. The second-order valence-electron chi connectivity index (χ2n) is 3.67. The lowest BCUT2D eigenvalue weighted by Crippen LogP contribution is -2.26. The van der Waals surface area contributed by atoms with Crippen LogP contribution in [-0.4, -0.2) is 20.8 Å². The molecule has 1 N–H and O–H groups in total. The summed E-state index contributed by atoms with van der Waals surface area (Å²) < 4.78 is 0.746. The molecule has 92 valence electrons. The second kappa shape index (κ2) is 4.62. The Morgan fingerprint density at radius 3 is 2.67 bits per heavy atom. The highest BCUT2D eigenvalue weighted by Crippen LogP contribution is 2.30. The number of nitrogens with zero attached hydrogens (tertiary/aromatic N) is 2. The molecular formula is C12H9ClN2O3. The molecule has 5 nitrogen and oxygen atoms in total. The van der Waals surface area contributed by atoms with Gasteiger partial charge in [0.05, 0.1) is 6.20 Å². The number of aromatic hydroxyl groups is 1. The highest BCUT2D eigenvalue weighted by Gasteiger charge is 2.09. The van der Waals surface area contributed by atoms with E-state index >= 15 is 0 Å². The van der Waals surface area contributed by atoms with E-state index in [-0.39, 0.29) is 5.75 Å². The number of phenolic OH excluding ortho intramolecular Hbond substituents is 1. The van der Waals surface area contributed by atoms with Crippen molar-refractivity contribution in [3.05, 3.63) is 45.8 Å². The Kier molecular flexibility index (Phi) is 3.16. The molecule has 2 rings (SSSR count). The zero-order valence-corrected chi connectivity index (χ0v) is 10.2. The zero-order chi connectivity index (χ0) is 13.3. The number of hydrogen-bond donors (Lipinski definition) is 1. The topological polar surface area (TPSA) is 72.2 Å². The molecule has 2 aromatic rings. The lowest BCUT2D eigenvalue weighted by Gasteiger charge is -2.05. The van der Waals surface area contributed by atoms with Crippen LogP contribution in [0.4, 0.5) is 0 Å². The van der Waals surface area contributed by atoms with E-state index in [0.717, 1.165) is 4.68 Å². The molecule has 1 aromatic heterocycles. The van der Waals surface area contributed by atoms with Crippen molar-refractivity contribution in [2.45, 2.75) is 6.92 Å². The van der Waals surface area contributed by atoms with Gasteiger partial charge < -0.3 is 5.11 Å². The van der Waals surface area contributed by atoms with Crippen LogP contribution in [0.1, 0.15) is 11.7 Å². The largest absolute Gasteiger partial charge is 0.507 e. The Hall–Kier alpha value is -2.14. The quantitative estimate of drug-likeness (QED) is 0.854. The number of phenols is 1. The van der Waals surface area contributed by atoms with Gasteiger partial charge in [0.15, 0.2) is 0 Å². The van der Waals surface area contributed by atoms with Crippen LogP contribution < -0.4 is 5.56 Å². The van der Waals surface area contributed by atoms with Crippen LogP contribution in [0.2, 0.25) is 5.02 Å². The fraction of sp³-hybridized carbons (Fsp3) is 0.0833. The Morgan fingerprint density at radius 1 is 1.39 bits per heavy atom. The van der Waals surface area contributed by atoms with Gasteiger partial charge in [-0.2, -0.15) is 9.78 Å². The summed E-state index contributed by atoms with van der Waals surface area (Å²) >= 11 is 5.72. The first-order valence-corrected chi connectivity index (χ1v) is 5.46. The van der Waals surface area contributed by atoms with Crippen LogP contribution in [0.15, 0.2) is 35.3 Å². The first-order chi connectivity index (χ1) is 8.49. The molecule has 0 unspecified atom stereocenters. The molecule has 0 saturated heterocycles. The monoisotopic (exact) mass is 264 g/mol. The average molecular weight is 265 g/mol. The fourth-order valence-electron chi connectivity index (χ4n) is 1.54. The number of halogens is 1. The van der Waals surface area contributed by atoms with Crippen LogP contribution in [0.25, 0.3) is 11.1 Å². The first-order valence-electron chi connectivity index (χ1n) is 5.08. The maximum Gasteiger partial charge on any atom is 0.274 e. The number of hydrogen-bond acceptors (Lipinski definition) is 4. The lowest BCUT2D eigenvalue weighted by molar-refractivity contribution is 0.0915. The van der Waals surface area contributed by atoms with E-state index in [1.165, 1.54) is 25.3 Å². The highest BCUT2D eigenvalue weighted by molar-refractivity contribution is 6.30. The summed E-state index contributed by atoms with van der Waals surface area (Å²) in [5.41, 5.74) is 0.306. The predicted octanol–water partition coefficient (Wildman–Crippen LogP) is 1.93. The minimum atomic E-state index is -0.547. The number of aromatic nitrogens is 2. The van der Waals surface area contributed by atoms with Crippen molar-refractivity contribution in [2.24, 2.45) is 0 Å². The van der Waals surface area contributed by atoms with Gasteiger partial charge in [-0.3, -0.25) is 9.59 Å². The number of rotatable bonds is 1. The third-order valence-corrected chi connectivity index (χ3v) is 2.60. The Morgan fingerprint density at radius 2 is 2.11 bits per heavy atom.